The number of carboxylic acid groups (broad SMARTS) is 1. The highest BCUT2D eigenvalue weighted by Crippen LogP contribution is 2.33. The third-order valence-electron chi connectivity index (χ3n) is 7.58. The minimum absolute atomic E-state index is 0.00149. The first-order valence-electron chi connectivity index (χ1n) is 13.9. The number of anilines is 2. The molecule has 1 aromatic carbocycles. The highest BCUT2D eigenvalue weighted by molar-refractivity contribution is 7.92. The first kappa shape index (κ1) is 34.5. The predicted molar refractivity (Wildman–Crippen MR) is 169 cm³/mol. The lowest BCUT2D eigenvalue weighted by Crippen LogP contribution is -2.36. The Morgan fingerprint density at radius 2 is 1.80 bits per heavy atom. The Bertz CT molecular complexity index is 1920. The van der Waals surface area contributed by atoms with E-state index in [4.69, 9.17) is 26.2 Å². The molecule has 0 aliphatic heterocycles. The largest absolute Gasteiger partial charge is 0.483 e. The number of carbonyl (C=O) groups is 1. The first-order chi connectivity index (χ1) is 21.8. The van der Waals surface area contributed by atoms with Crippen LogP contribution in [-0.2, 0) is 21.9 Å². The summed E-state index contributed by atoms with van der Waals surface area (Å²) < 4.78 is 65.3. The van der Waals surface area contributed by atoms with Crippen molar-refractivity contribution in [2.75, 3.05) is 31.2 Å². The fraction of sp³-hybridized carbons (Fsp3) is 0.345. The van der Waals surface area contributed by atoms with E-state index in [9.17, 15) is 13.2 Å². The molecule has 0 amide bonds. The number of halogens is 3. The van der Waals surface area contributed by atoms with Crippen molar-refractivity contribution in [2.24, 2.45) is 7.05 Å². The minimum Gasteiger partial charge on any atom is -0.483 e. The van der Waals surface area contributed by atoms with Gasteiger partial charge in [0.2, 0.25) is 11.8 Å². The van der Waals surface area contributed by atoms with Crippen LogP contribution in [0.25, 0.3) is 22.2 Å². The Morgan fingerprint density at radius 1 is 1.13 bits per heavy atom. The minimum atomic E-state index is -4.49. The molecule has 4 aromatic rings. The van der Waals surface area contributed by atoms with Gasteiger partial charge in [0.25, 0.3) is 22.1 Å². The molecule has 17 heteroatoms. The quantitative estimate of drug-likeness (QED) is 0.229. The standard InChI is InChI=1S/C28H30ClF2N7O4S.CH2O2/c1-37(2)18-7-5-17(6-8-18)34-28-33-13-15-11-19(27(39)38(3)25(15)35-28)23-20(30)9-10-21(24(23)31)36-43(40,41)22-12-16(29)14-32-26(22)42-4;2-1-3/h9-14,17-18,36H,5-8H2,1-4H3,(H,33,34,35);1H,(H,2,3)/t17-,18-;. The molecular weight excluding hydrogens is 648 g/mol. The van der Waals surface area contributed by atoms with Gasteiger partial charge in [-0.15, -0.1) is 0 Å². The summed E-state index contributed by atoms with van der Waals surface area (Å²) in [5.74, 6) is -2.28. The molecule has 3 heterocycles. The van der Waals surface area contributed by atoms with Crippen LogP contribution in [0.15, 0.2) is 46.3 Å². The molecule has 3 aromatic heterocycles. The average molecular weight is 680 g/mol. The first-order valence-corrected chi connectivity index (χ1v) is 15.8. The zero-order valence-corrected chi connectivity index (χ0v) is 26.9. The van der Waals surface area contributed by atoms with E-state index < -0.39 is 43.4 Å². The zero-order chi connectivity index (χ0) is 33.8. The maximum Gasteiger partial charge on any atom is 0.290 e. The van der Waals surface area contributed by atoms with Gasteiger partial charge in [-0.25, -0.2) is 27.2 Å². The normalized spacial score (nSPS) is 16.4. The number of hydrogen-bond acceptors (Lipinski definition) is 10. The van der Waals surface area contributed by atoms with Gasteiger partial charge in [0.05, 0.1) is 28.9 Å². The fourth-order valence-corrected chi connectivity index (χ4v) is 6.67. The summed E-state index contributed by atoms with van der Waals surface area (Å²) in [7, 11) is 2.30. The lowest BCUT2D eigenvalue weighted by molar-refractivity contribution is -0.122. The van der Waals surface area contributed by atoms with Crippen molar-refractivity contribution in [3.8, 4) is 17.0 Å². The second-order valence-corrected chi connectivity index (χ2v) is 12.8. The van der Waals surface area contributed by atoms with Crippen molar-refractivity contribution in [3.05, 3.63) is 63.7 Å². The number of hydrogen-bond donors (Lipinski definition) is 3. The Hall–Kier alpha value is -4.41. The molecule has 0 radical (unpaired) electrons. The molecule has 0 unspecified atom stereocenters. The molecule has 1 aliphatic carbocycles. The third kappa shape index (κ3) is 7.35. The van der Waals surface area contributed by atoms with Crippen LogP contribution in [0.1, 0.15) is 25.7 Å². The predicted octanol–water partition coefficient (Wildman–Crippen LogP) is 4.12. The van der Waals surface area contributed by atoms with Crippen LogP contribution in [0, 0.1) is 11.6 Å². The van der Waals surface area contributed by atoms with Gasteiger partial charge in [0.1, 0.15) is 11.5 Å². The number of nitrogens with one attached hydrogen (secondary N) is 2. The number of ether oxygens (including phenoxy) is 1. The number of sulfonamides is 1. The molecule has 5 rings (SSSR count). The van der Waals surface area contributed by atoms with Crippen LogP contribution >= 0.6 is 11.6 Å². The Kier molecular flexibility index (Phi) is 10.7. The number of methoxy groups -OCH3 is 1. The summed E-state index contributed by atoms with van der Waals surface area (Å²) in [5.41, 5.74) is -2.10. The van der Waals surface area contributed by atoms with Gasteiger partial charge in [0.15, 0.2) is 10.7 Å². The number of nitrogens with zero attached hydrogens (tertiary/aromatic N) is 5. The highest BCUT2D eigenvalue weighted by Gasteiger charge is 2.27. The molecule has 1 saturated carbocycles. The van der Waals surface area contributed by atoms with Gasteiger partial charge < -0.3 is 20.1 Å². The van der Waals surface area contributed by atoms with Crippen LogP contribution in [0.3, 0.4) is 0 Å². The number of aromatic nitrogens is 4. The van der Waals surface area contributed by atoms with Crippen molar-refractivity contribution in [1.29, 1.82) is 0 Å². The summed E-state index contributed by atoms with van der Waals surface area (Å²) in [6, 6.07) is 4.85. The topological polar surface area (TPSA) is 169 Å². The second kappa shape index (κ2) is 14.3. The number of rotatable bonds is 8. The molecular formula is C29H32ClF2N7O6S. The number of fused-ring (bicyclic) bond motifs is 1. The van der Waals surface area contributed by atoms with Crippen LogP contribution in [0.4, 0.5) is 20.4 Å². The van der Waals surface area contributed by atoms with Crippen LogP contribution < -0.4 is 20.3 Å². The Balaban J connectivity index is 0.00000154. The van der Waals surface area contributed by atoms with Crippen LogP contribution in [0.5, 0.6) is 5.88 Å². The second-order valence-electron chi connectivity index (χ2n) is 10.7. The van der Waals surface area contributed by atoms with Gasteiger partial charge in [0, 0.05) is 36.9 Å². The lowest BCUT2D eigenvalue weighted by Gasteiger charge is -2.32. The maximum atomic E-state index is 15.8. The van der Waals surface area contributed by atoms with E-state index in [-0.39, 0.29) is 34.6 Å². The van der Waals surface area contributed by atoms with Crippen molar-refractivity contribution in [2.45, 2.75) is 42.7 Å². The molecule has 0 saturated heterocycles. The van der Waals surface area contributed by atoms with Crippen LogP contribution in [0.2, 0.25) is 5.02 Å². The molecule has 0 atom stereocenters. The summed E-state index contributed by atoms with van der Waals surface area (Å²) in [4.78, 5) is 36.2. The van der Waals surface area contributed by atoms with E-state index in [0.29, 0.717) is 17.4 Å². The molecule has 0 spiro atoms. The summed E-state index contributed by atoms with van der Waals surface area (Å²) in [6.45, 7) is -0.250. The average Bonchev–Trinajstić information content (AvgIpc) is 3.02. The number of aryl methyl sites for hydroxylation is 1. The lowest BCUT2D eigenvalue weighted by atomic mass is 9.91. The van der Waals surface area contributed by atoms with E-state index in [1.165, 1.54) is 37.2 Å². The Labute approximate surface area is 268 Å². The van der Waals surface area contributed by atoms with Gasteiger partial charge in [-0.05, 0) is 64.0 Å². The molecule has 1 fully saturated rings. The van der Waals surface area contributed by atoms with Crippen LogP contribution in [-0.4, -0.2) is 77.7 Å². The summed E-state index contributed by atoms with van der Waals surface area (Å²) >= 11 is 5.91. The molecule has 3 N–H and O–H groups in total. The Morgan fingerprint density at radius 3 is 2.43 bits per heavy atom. The van der Waals surface area contributed by atoms with E-state index in [1.54, 1.807) is 0 Å². The molecule has 1 aliphatic rings. The SMILES string of the molecule is COc1ncc(Cl)cc1S(=O)(=O)Nc1ccc(F)c(-c2cc3cnc(N[C@H]4CC[C@H](N(C)C)CC4)nc3n(C)c2=O)c1F.O=CO. The molecule has 46 heavy (non-hydrogen) atoms. The van der Waals surface area contributed by atoms with Gasteiger partial charge in [-0.1, -0.05) is 11.6 Å². The fourth-order valence-electron chi connectivity index (χ4n) is 5.25. The molecule has 0 bridgehead atoms. The van der Waals surface area contributed by atoms with Crippen molar-refractivity contribution in [1.82, 2.24) is 24.4 Å². The molecule has 246 valence electrons. The smallest absolute Gasteiger partial charge is 0.290 e. The molecule has 13 nitrogen and oxygen atoms in total. The maximum absolute atomic E-state index is 15.8. The van der Waals surface area contributed by atoms with E-state index in [0.717, 1.165) is 43.9 Å². The highest BCUT2D eigenvalue weighted by atomic mass is 35.5. The van der Waals surface area contributed by atoms with Crippen molar-refractivity contribution >= 4 is 50.8 Å². The zero-order valence-electron chi connectivity index (χ0n) is 25.3. The van der Waals surface area contributed by atoms with Gasteiger partial charge >= 0.3 is 0 Å². The summed E-state index contributed by atoms with van der Waals surface area (Å²) in [5, 5.41) is 10.6. The van der Waals surface area contributed by atoms with Gasteiger partial charge in [-0.3, -0.25) is 18.9 Å². The van der Waals surface area contributed by atoms with E-state index in [2.05, 4.69) is 44.0 Å². The van der Waals surface area contributed by atoms with Crippen molar-refractivity contribution < 1.29 is 31.8 Å². The van der Waals surface area contributed by atoms with E-state index in [1.807, 2.05) is 0 Å². The number of pyridine rings is 2. The monoisotopic (exact) mass is 679 g/mol. The summed E-state index contributed by atoms with van der Waals surface area (Å²) in [6.07, 6.45) is 6.62. The number of benzene rings is 1. The van der Waals surface area contributed by atoms with Crippen molar-refractivity contribution in [3.63, 3.8) is 0 Å². The third-order valence-corrected chi connectivity index (χ3v) is 9.15. The van der Waals surface area contributed by atoms with E-state index >= 15 is 8.78 Å². The van der Waals surface area contributed by atoms with Gasteiger partial charge in [-0.2, -0.15) is 4.98 Å².